The van der Waals surface area contributed by atoms with E-state index >= 15 is 0 Å². The first-order valence-electron chi connectivity index (χ1n) is 6.16. The Morgan fingerprint density at radius 3 is 2.47 bits per heavy atom. The van der Waals surface area contributed by atoms with E-state index < -0.39 is 5.97 Å². The van der Waals surface area contributed by atoms with Gasteiger partial charge in [0.15, 0.2) is 0 Å². The highest BCUT2D eigenvalue weighted by Crippen LogP contribution is 2.25. The Hall–Kier alpha value is -1.98. The maximum atomic E-state index is 11.7. The lowest BCUT2D eigenvalue weighted by atomic mass is 9.84. The third-order valence-corrected chi connectivity index (χ3v) is 2.93. The van der Waals surface area contributed by atoms with E-state index in [1.165, 1.54) is 18.7 Å². The summed E-state index contributed by atoms with van der Waals surface area (Å²) in [7, 11) is 0. The molecule has 0 atom stereocenters. The zero-order chi connectivity index (χ0) is 14.3. The fourth-order valence-electron chi connectivity index (χ4n) is 1.60. The number of hydrogen-bond donors (Lipinski definition) is 2. The molecule has 1 rings (SSSR count). The lowest BCUT2D eigenvalue weighted by Crippen LogP contribution is -2.28. The van der Waals surface area contributed by atoms with Crippen LogP contribution in [-0.2, 0) is 4.79 Å². The Morgan fingerprint density at radius 1 is 1.26 bits per heavy atom. The van der Waals surface area contributed by atoms with Crippen molar-refractivity contribution < 1.29 is 14.7 Å². The molecule has 0 bridgehead atoms. The first-order valence-corrected chi connectivity index (χ1v) is 6.16. The number of amides is 1. The minimum atomic E-state index is -0.793. The predicted molar refractivity (Wildman–Crippen MR) is 69.6 cm³/mol. The molecule has 1 aromatic heterocycles. The number of rotatable bonds is 7. The van der Waals surface area contributed by atoms with Crippen LogP contribution >= 0.6 is 0 Å². The molecule has 0 saturated heterocycles. The fraction of sp³-hybridized carbons (Fsp3) is 0.538. The maximum absolute atomic E-state index is 11.7. The van der Waals surface area contributed by atoms with Crippen molar-refractivity contribution in [1.82, 2.24) is 15.3 Å². The molecule has 0 aliphatic rings. The van der Waals surface area contributed by atoms with Gasteiger partial charge in [-0.3, -0.25) is 9.59 Å². The smallest absolute Gasteiger partial charge is 0.303 e. The Labute approximate surface area is 112 Å². The normalized spacial score (nSPS) is 11.1. The van der Waals surface area contributed by atoms with Gasteiger partial charge in [-0.15, -0.1) is 0 Å². The van der Waals surface area contributed by atoms with Crippen molar-refractivity contribution in [3.63, 3.8) is 0 Å². The lowest BCUT2D eigenvalue weighted by molar-refractivity contribution is -0.137. The second kappa shape index (κ2) is 6.82. The first-order chi connectivity index (χ1) is 8.91. The van der Waals surface area contributed by atoms with Crippen molar-refractivity contribution >= 4 is 11.9 Å². The molecule has 1 heterocycles. The Kier molecular flexibility index (Phi) is 5.41. The van der Waals surface area contributed by atoms with E-state index in [9.17, 15) is 9.59 Å². The highest BCUT2D eigenvalue weighted by Gasteiger charge is 2.19. The summed E-state index contributed by atoms with van der Waals surface area (Å²) >= 11 is 0. The zero-order valence-electron chi connectivity index (χ0n) is 11.2. The quantitative estimate of drug-likeness (QED) is 0.779. The predicted octanol–water partition coefficient (Wildman–Crippen LogP) is 1.49. The van der Waals surface area contributed by atoms with Crippen LogP contribution in [0.5, 0.6) is 0 Å². The molecule has 0 saturated carbocycles. The molecule has 0 aromatic carbocycles. The van der Waals surface area contributed by atoms with Gasteiger partial charge in [0.25, 0.3) is 5.91 Å². The molecule has 2 N–H and O–H groups in total. The standard InChI is InChI=1S/C13H19N3O3/c1-13(2,4-3-11(17)18)5-6-16-12(19)10-7-14-9-15-8-10/h7-9H,3-6H2,1-2H3,(H,16,19)(H,17,18). The van der Waals surface area contributed by atoms with Gasteiger partial charge < -0.3 is 10.4 Å². The van der Waals surface area contributed by atoms with Crippen molar-refractivity contribution in [3.05, 3.63) is 24.3 Å². The molecule has 0 unspecified atom stereocenters. The van der Waals surface area contributed by atoms with Gasteiger partial charge >= 0.3 is 5.97 Å². The van der Waals surface area contributed by atoms with Crippen LogP contribution in [0.4, 0.5) is 0 Å². The van der Waals surface area contributed by atoms with Crippen molar-refractivity contribution in [2.24, 2.45) is 5.41 Å². The van der Waals surface area contributed by atoms with Gasteiger partial charge in [0.05, 0.1) is 5.56 Å². The van der Waals surface area contributed by atoms with E-state index in [2.05, 4.69) is 15.3 Å². The van der Waals surface area contributed by atoms with E-state index in [0.29, 0.717) is 18.5 Å². The number of carboxylic acids is 1. The molecule has 1 amide bonds. The fourth-order valence-corrected chi connectivity index (χ4v) is 1.60. The van der Waals surface area contributed by atoms with Crippen LogP contribution in [0.25, 0.3) is 0 Å². The molecule has 1 aromatic rings. The van der Waals surface area contributed by atoms with Crippen LogP contribution in [0, 0.1) is 5.41 Å². The minimum absolute atomic E-state index is 0.112. The number of nitrogens with zero attached hydrogens (tertiary/aromatic N) is 2. The lowest BCUT2D eigenvalue weighted by Gasteiger charge is -2.23. The van der Waals surface area contributed by atoms with E-state index in [1.807, 2.05) is 13.8 Å². The molecule has 6 heteroatoms. The summed E-state index contributed by atoms with van der Waals surface area (Å²) < 4.78 is 0. The topological polar surface area (TPSA) is 92.2 Å². The van der Waals surface area contributed by atoms with Gasteiger partial charge in [-0.05, 0) is 18.3 Å². The van der Waals surface area contributed by atoms with Crippen molar-refractivity contribution in [2.45, 2.75) is 33.1 Å². The average Bonchev–Trinajstić information content (AvgIpc) is 2.37. The third-order valence-electron chi connectivity index (χ3n) is 2.93. The monoisotopic (exact) mass is 265 g/mol. The molecule has 6 nitrogen and oxygen atoms in total. The summed E-state index contributed by atoms with van der Waals surface area (Å²) in [5.41, 5.74) is 0.310. The number of carboxylic acid groups (broad SMARTS) is 1. The highest BCUT2D eigenvalue weighted by atomic mass is 16.4. The highest BCUT2D eigenvalue weighted by molar-refractivity contribution is 5.93. The molecule has 0 aliphatic heterocycles. The van der Waals surface area contributed by atoms with Crippen LogP contribution in [0.3, 0.4) is 0 Å². The molecule has 0 aliphatic carbocycles. The van der Waals surface area contributed by atoms with Gasteiger partial charge in [-0.25, -0.2) is 9.97 Å². The van der Waals surface area contributed by atoms with E-state index in [-0.39, 0.29) is 17.7 Å². The summed E-state index contributed by atoms with van der Waals surface area (Å²) in [6.07, 6.45) is 5.74. The molecular formula is C13H19N3O3. The summed E-state index contributed by atoms with van der Waals surface area (Å²) in [5, 5.41) is 11.4. The van der Waals surface area contributed by atoms with Crippen LogP contribution in [0.15, 0.2) is 18.7 Å². The third kappa shape index (κ3) is 5.94. The maximum Gasteiger partial charge on any atom is 0.303 e. The minimum Gasteiger partial charge on any atom is -0.481 e. The Bertz CT molecular complexity index is 432. The molecular weight excluding hydrogens is 246 g/mol. The molecule has 0 fully saturated rings. The molecule has 19 heavy (non-hydrogen) atoms. The van der Waals surface area contributed by atoms with Crippen LogP contribution in [0.2, 0.25) is 0 Å². The SMILES string of the molecule is CC(C)(CCNC(=O)c1cncnc1)CCC(=O)O. The number of carbonyl (C=O) groups is 2. The summed E-state index contributed by atoms with van der Waals surface area (Å²) in [6.45, 7) is 4.49. The first kappa shape index (κ1) is 15.1. The van der Waals surface area contributed by atoms with Crippen LogP contribution in [0.1, 0.15) is 43.5 Å². The number of carbonyl (C=O) groups excluding carboxylic acids is 1. The second-order valence-corrected chi connectivity index (χ2v) is 5.19. The van der Waals surface area contributed by atoms with E-state index in [4.69, 9.17) is 5.11 Å². The number of nitrogens with one attached hydrogen (secondary N) is 1. The summed E-state index contributed by atoms with van der Waals surface area (Å²) in [5.74, 6) is -1.01. The Balaban J connectivity index is 2.33. The van der Waals surface area contributed by atoms with E-state index in [1.54, 1.807) is 0 Å². The number of aromatic nitrogens is 2. The summed E-state index contributed by atoms with van der Waals surface area (Å²) in [4.78, 5) is 29.8. The van der Waals surface area contributed by atoms with Crippen molar-refractivity contribution in [3.8, 4) is 0 Å². The van der Waals surface area contributed by atoms with Crippen LogP contribution < -0.4 is 5.32 Å². The molecule has 0 radical (unpaired) electrons. The van der Waals surface area contributed by atoms with Crippen LogP contribution in [-0.4, -0.2) is 33.5 Å². The molecule has 104 valence electrons. The van der Waals surface area contributed by atoms with E-state index in [0.717, 1.165) is 6.42 Å². The molecule has 0 spiro atoms. The summed E-state index contributed by atoms with van der Waals surface area (Å²) in [6, 6.07) is 0. The van der Waals surface area contributed by atoms with Crippen molar-refractivity contribution in [1.29, 1.82) is 0 Å². The largest absolute Gasteiger partial charge is 0.481 e. The van der Waals surface area contributed by atoms with Gasteiger partial charge in [0.1, 0.15) is 6.33 Å². The van der Waals surface area contributed by atoms with Gasteiger partial charge in [0.2, 0.25) is 0 Å². The van der Waals surface area contributed by atoms with Gasteiger partial charge in [-0.2, -0.15) is 0 Å². The average molecular weight is 265 g/mol. The number of aliphatic carboxylic acids is 1. The van der Waals surface area contributed by atoms with Gasteiger partial charge in [0, 0.05) is 25.4 Å². The van der Waals surface area contributed by atoms with Crippen molar-refractivity contribution in [2.75, 3.05) is 6.54 Å². The van der Waals surface area contributed by atoms with Gasteiger partial charge in [-0.1, -0.05) is 13.8 Å². The second-order valence-electron chi connectivity index (χ2n) is 5.19. The number of hydrogen-bond acceptors (Lipinski definition) is 4. The Morgan fingerprint density at radius 2 is 1.89 bits per heavy atom. The zero-order valence-corrected chi connectivity index (χ0v) is 11.2.